The first-order valence-electron chi connectivity index (χ1n) is 23.1. The zero-order chi connectivity index (χ0) is 44.6. The van der Waals surface area contributed by atoms with E-state index in [9.17, 15) is 0 Å². The fourth-order valence-electron chi connectivity index (χ4n) is 10.5. The van der Waals surface area contributed by atoms with Crippen LogP contribution >= 0.6 is 0 Å². The number of hydrogen-bond donors (Lipinski definition) is 0. The van der Waals surface area contributed by atoms with Crippen molar-refractivity contribution in [2.24, 2.45) is 0 Å². The van der Waals surface area contributed by atoms with Crippen molar-refractivity contribution in [3.05, 3.63) is 279 Å². The Balaban J connectivity index is 1.09. The van der Waals surface area contributed by atoms with Crippen LogP contribution in [0.4, 0.5) is 17.1 Å². The maximum absolute atomic E-state index is 2.85. The molecule has 1 aromatic heterocycles. The summed E-state index contributed by atoms with van der Waals surface area (Å²) in [4.78, 5) is 2.49. The van der Waals surface area contributed by atoms with E-state index in [-0.39, 0.29) is 0 Å². The fraction of sp³-hybridized carbons (Fsp3) is 0. The smallest absolute Gasteiger partial charge is 0.179 e. The predicted octanol–water partition coefficient (Wildman–Crippen LogP) is 14.1. The Morgan fingerprint density at radius 3 is 1.52 bits per heavy atom. The SMILES string of the molecule is c1ccc(-c2cccc3ccc(-c4ccc(N(c5cccc([Si](c6ccccc6)(c6ccccc6)c6ccccc6)c5)c5cccc6c5c5ccccc5n6-c5ccccc5)cc4)cc23)cc1. The molecule has 0 unspecified atom stereocenters. The second kappa shape index (κ2) is 17.1. The molecular weight excluding hydrogens is 825 g/mol. The van der Waals surface area contributed by atoms with Crippen LogP contribution in [0.5, 0.6) is 0 Å². The van der Waals surface area contributed by atoms with Crippen LogP contribution in [0.1, 0.15) is 0 Å². The molecule has 0 fully saturated rings. The van der Waals surface area contributed by atoms with Crippen LogP contribution in [0.15, 0.2) is 279 Å². The lowest BCUT2D eigenvalue weighted by Gasteiger charge is -2.35. The van der Waals surface area contributed by atoms with Gasteiger partial charge in [0.05, 0.1) is 16.7 Å². The van der Waals surface area contributed by atoms with E-state index in [1.807, 2.05) is 0 Å². The van der Waals surface area contributed by atoms with Gasteiger partial charge in [0.1, 0.15) is 0 Å². The summed E-state index contributed by atoms with van der Waals surface area (Å²) in [6.45, 7) is 0. The van der Waals surface area contributed by atoms with Crippen molar-refractivity contribution < 1.29 is 0 Å². The molecule has 0 radical (unpaired) electrons. The zero-order valence-electron chi connectivity index (χ0n) is 37.0. The third-order valence-corrected chi connectivity index (χ3v) is 18.3. The van der Waals surface area contributed by atoms with Gasteiger partial charge in [-0.25, -0.2) is 0 Å². The van der Waals surface area contributed by atoms with Crippen LogP contribution in [0.25, 0.3) is 60.5 Å². The van der Waals surface area contributed by atoms with Gasteiger partial charge in [-0.2, -0.15) is 0 Å². The van der Waals surface area contributed by atoms with Crippen LogP contribution in [0.2, 0.25) is 0 Å². The summed E-state index contributed by atoms with van der Waals surface area (Å²) in [6, 6.07) is 103. The van der Waals surface area contributed by atoms with E-state index < -0.39 is 8.07 Å². The number of anilines is 3. The van der Waals surface area contributed by atoms with Crippen LogP contribution in [-0.4, -0.2) is 12.6 Å². The van der Waals surface area contributed by atoms with Crippen molar-refractivity contribution in [3.63, 3.8) is 0 Å². The summed E-state index contributed by atoms with van der Waals surface area (Å²) >= 11 is 0. The molecule has 0 bridgehead atoms. The van der Waals surface area contributed by atoms with E-state index in [2.05, 4.69) is 289 Å². The summed E-state index contributed by atoms with van der Waals surface area (Å²) in [5, 5.41) is 10.3. The Kier molecular flexibility index (Phi) is 10.2. The average molecular weight is 871 g/mol. The summed E-state index contributed by atoms with van der Waals surface area (Å²) in [6.07, 6.45) is 0. The van der Waals surface area contributed by atoms with Crippen LogP contribution < -0.4 is 25.6 Å². The highest BCUT2D eigenvalue weighted by Gasteiger charge is 2.41. The summed E-state index contributed by atoms with van der Waals surface area (Å²) in [5.41, 5.74) is 11.6. The molecule has 0 aliphatic heterocycles. The van der Waals surface area contributed by atoms with Gasteiger partial charge in [0, 0.05) is 27.8 Å². The van der Waals surface area contributed by atoms with Crippen molar-refractivity contribution in [1.82, 2.24) is 4.57 Å². The van der Waals surface area contributed by atoms with Gasteiger partial charge in [0.25, 0.3) is 0 Å². The van der Waals surface area contributed by atoms with Gasteiger partial charge in [-0.1, -0.05) is 218 Å². The molecule has 0 aliphatic rings. The lowest BCUT2D eigenvalue weighted by Crippen LogP contribution is -2.74. The van der Waals surface area contributed by atoms with Crippen molar-refractivity contribution in [1.29, 1.82) is 0 Å². The molecule has 0 saturated carbocycles. The zero-order valence-corrected chi connectivity index (χ0v) is 38.0. The molecule has 67 heavy (non-hydrogen) atoms. The first-order chi connectivity index (χ1) is 33.3. The largest absolute Gasteiger partial charge is 0.310 e. The van der Waals surface area contributed by atoms with Crippen molar-refractivity contribution in [2.75, 3.05) is 4.90 Å². The molecule has 1 heterocycles. The van der Waals surface area contributed by atoms with Gasteiger partial charge < -0.3 is 9.47 Å². The van der Waals surface area contributed by atoms with E-state index in [0.717, 1.165) is 28.3 Å². The topological polar surface area (TPSA) is 8.17 Å². The first-order valence-corrected chi connectivity index (χ1v) is 25.1. The molecule has 0 atom stereocenters. The molecule has 0 N–H and O–H groups in total. The number of aromatic nitrogens is 1. The molecule has 12 rings (SSSR count). The normalized spacial score (nSPS) is 11.6. The number of para-hydroxylation sites is 2. The Morgan fingerprint density at radius 1 is 0.313 bits per heavy atom. The summed E-state index contributed by atoms with van der Waals surface area (Å²) < 4.78 is 2.41. The average Bonchev–Trinajstić information content (AvgIpc) is 3.75. The molecular formula is C64H46N2Si. The second-order valence-corrected chi connectivity index (χ2v) is 21.1. The van der Waals surface area contributed by atoms with Crippen molar-refractivity contribution in [3.8, 4) is 27.9 Å². The Morgan fingerprint density at radius 2 is 0.851 bits per heavy atom. The minimum Gasteiger partial charge on any atom is -0.310 e. The number of benzene rings is 11. The number of hydrogen-bond acceptors (Lipinski definition) is 1. The highest BCUT2D eigenvalue weighted by atomic mass is 28.3. The van der Waals surface area contributed by atoms with Gasteiger partial charge in [-0.15, -0.1) is 0 Å². The first kappa shape index (κ1) is 40.0. The summed E-state index contributed by atoms with van der Waals surface area (Å²) in [7, 11) is -2.85. The molecule has 316 valence electrons. The van der Waals surface area contributed by atoms with E-state index in [4.69, 9.17) is 0 Å². The maximum Gasteiger partial charge on any atom is 0.179 e. The van der Waals surface area contributed by atoms with E-state index >= 15 is 0 Å². The molecule has 0 amide bonds. The van der Waals surface area contributed by atoms with Gasteiger partial charge in [-0.05, 0) is 114 Å². The standard InChI is InChI=1S/C64H46N2Si/c1-6-21-48(22-7-1)58-35-18-23-49-39-40-50(45-60(49)58)47-41-43-52(44-42-47)65(62-37-20-38-63-64(62)59-34-16-17-36-61(59)66(63)51-24-8-2-9-25-51)53-26-19-33-57(46-53)67(54-27-10-3-11-28-54,55-29-12-4-13-30-55)56-31-14-5-15-32-56/h1-46H. The van der Waals surface area contributed by atoms with Gasteiger partial charge in [-0.3, -0.25) is 0 Å². The third kappa shape index (κ3) is 6.96. The quantitative estimate of drug-likeness (QED) is 0.0982. The Hall–Kier alpha value is -8.50. The predicted molar refractivity (Wildman–Crippen MR) is 287 cm³/mol. The lowest BCUT2D eigenvalue weighted by atomic mass is 9.95. The van der Waals surface area contributed by atoms with Crippen LogP contribution in [0, 0.1) is 0 Å². The maximum atomic E-state index is 2.49. The monoisotopic (exact) mass is 870 g/mol. The minimum atomic E-state index is -2.85. The highest BCUT2D eigenvalue weighted by molar-refractivity contribution is 7.19. The van der Waals surface area contributed by atoms with Gasteiger partial charge in [0.15, 0.2) is 8.07 Å². The van der Waals surface area contributed by atoms with Gasteiger partial charge >= 0.3 is 0 Å². The lowest BCUT2D eigenvalue weighted by molar-refractivity contribution is 1.18. The van der Waals surface area contributed by atoms with Crippen molar-refractivity contribution >= 4 is 78.5 Å². The molecule has 12 aromatic rings. The third-order valence-electron chi connectivity index (χ3n) is 13.5. The minimum absolute atomic E-state index is 1.09. The number of rotatable bonds is 10. The van der Waals surface area contributed by atoms with E-state index in [1.54, 1.807) is 0 Å². The molecule has 2 nitrogen and oxygen atoms in total. The Bertz CT molecular complexity index is 3570. The number of fused-ring (bicyclic) bond motifs is 4. The summed E-state index contributed by atoms with van der Waals surface area (Å²) in [5.74, 6) is 0. The van der Waals surface area contributed by atoms with Gasteiger partial charge in [0.2, 0.25) is 0 Å². The number of nitrogens with zero attached hydrogens (tertiary/aromatic N) is 2. The van der Waals surface area contributed by atoms with Crippen LogP contribution in [-0.2, 0) is 0 Å². The molecule has 11 aromatic carbocycles. The van der Waals surface area contributed by atoms with Crippen molar-refractivity contribution in [2.45, 2.75) is 0 Å². The Labute approximate surface area is 392 Å². The molecule has 0 saturated heterocycles. The molecule has 0 aliphatic carbocycles. The van der Waals surface area contributed by atoms with E-state index in [1.165, 1.54) is 70.1 Å². The second-order valence-electron chi connectivity index (χ2n) is 17.2. The highest BCUT2D eigenvalue weighted by Crippen LogP contribution is 2.44. The fourth-order valence-corrected chi connectivity index (χ4v) is 15.3. The molecule has 3 heteroatoms. The van der Waals surface area contributed by atoms with E-state index in [0.29, 0.717) is 0 Å². The molecule has 0 spiro atoms. The van der Waals surface area contributed by atoms with Crippen LogP contribution in [0.3, 0.4) is 0 Å².